The Morgan fingerprint density at radius 3 is 2.36 bits per heavy atom. The summed E-state index contributed by atoms with van der Waals surface area (Å²) in [5, 5.41) is 0. The van der Waals surface area contributed by atoms with Gasteiger partial charge in [0.2, 0.25) is 0 Å². The van der Waals surface area contributed by atoms with E-state index in [1.165, 1.54) is 48.5 Å². The first-order chi connectivity index (χ1) is 15.6. The third-order valence-corrected chi connectivity index (χ3v) is 5.04. The lowest BCUT2D eigenvalue weighted by atomic mass is 10.0. The van der Waals surface area contributed by atoms with Crippen LogP contribution in [0.1, 0.15) is 42.4 Å². The molecular weight excluding hydrogens is 441 g/mol. The molecular formula is C23H17F3N2O5. The highest BCUT2D eigenvalue weighted by Crippen LogP contribution is 2.27. The van der Waals surface area contributed by atoms with Crippen molar-refractivity contribution >= 4 is 17.7 Å². The van der Waals surface area contributed by atoms with Gasteiger partial charge < -0.3 is 14.1 Å². The van der Waals surface area contributed by atoms with Gasteiger partial charge in [-0.2, -0.15) is 0 Å². The van der Waals surface area contributed by atoms with Crippen LogP contribution in [0.25, 0.3) is 0 Å². The molecule has 0 N–H and O–H groups in total. The van der Waals surface area contributed by atoms with Gasteiger partial charge in [-0.25, -0.2) is 0 Å². The Morgan fingerprint density at radius 2 is 1.73 bits per heavy atom. The van der Waals surface area contributed by atoms with E-state index in [0.717, 1.165) is 17.0 Å². The molecule has 4 rings (SSSR count). The summed E-state index contributed by atoms with van der Waals surface area (Å²) in [6.45, 7) is 0.0935. The first kappa shape index (κ1) is 22.1. The molecule has 0 bridgehead atoms. The van der Waals surface area contributed by atoms with Crippen LogP contribution < -0.4 is 4.74 Å². The molecule has 1 aliphatic rings. The van der Waals surface area contributed by atoms with Crippen LogP contribution in [0.15, 0.2) is 65.3 Å². The summed E-state index contributed by atoms with van der Waals surface area (Å²) in [6.07, 6.45) is -3.34. The number of halogens is 3. The van der Waals surface area contributed by atoms with Gasteiger partial charge in [-0.05, 0) is 48.0 Å². The summed E-state index contributed by atoms with van der Waals surface area (Å²) in [5.41, 5.74) is 1.11. The van der Waals surface area contributed by atoms with E-state index in [1.807, 2.05) is 0 Å². The topological polar surface area (TPSA) is 80.1 Å². The largest absolute Gasteiger partial charge is 0.573 e. The van der Waals surface area contributed by atoms with Crippen LogP contribution in [0.5, 0.6) is 5.75 Å². The summed E-state index contributed by atoms with van der Waals surface area (Å²) in [5.74, 6) is -1.32. The van der Waals surface area contributed by atoms with E-state index < -0.39 is 24.1 Å². The monoisotopic (exact) mass is 458 g/mol. The number of hydrogen-bond donors (Lipinski definition) is 0. The molecule has 2 aromatic carbocycles. The summed E-state index contributed by atoms with van der Waals surface area (Å²) >= 11 is 0. The predicted molar refractivity (Wildman–Crippen MR) is 108 cm³/mol. The molecule has 0 radical (unpaired) electrons. The Labute approximate surface area is 186 Å². The third-order valence-electron chi connectivity index (χ3n) is 5.04. The molecule has 0 aliphatic carbocycles. The van der Waals surface area contributed by atoms with E-state index in [2.05, 4.69) is 4.74 Å². The fraction of sp³-hybridized carbons (Fsp3) is 0.174. The number of alkyl halides is 3. The highest BCUT2D eigenvalue weighted by Gasteiger charge is 2.36. The summed E-state index contributed by atoms with van der Waals surface area (Å²) in [6, 6.07) is 12.7. The lowest BCUT2D eigenvalue weighted by molar-refractivity contribution is -0.274. The van der Waals surface area contributed by atoms with Gasteiger partial charge in [-0.15, -0.1) is 13.2 Å². The van der Waals surface area contributed by atoms with Crippen LogP contribution >= 0.6 is 0 Å². The van der Waals surface area contributed by atoms with Gasteiger partial charge in [0.25, 0.3) is 17.7 Å². The highest BCUT2D eigenvalue weighted by atomic mass is 19.4. The molecule has 0 fully saturated rings. The lowest BCUT2D eigenvalue weighted by Crippen LogP contribution is -2.29. The van der Waals surface area contributed by atoms with Gasteiger partial charge in [0.05, 0.1) is 23.9 Å². The zero-order chi connectivity index (χ0) is 23.8. The average Bonchev–Trinajstić information content (AvgIpc) is 3.36. The number of benzene rings is 2. The van der Waals surface area contributed by atoms with Gasteiger partial charge in [0.1, 0.15) is 11.5 Å². The third kappa shape index (κ3) is 4.74. The number of furan rings is 1. The van der Waals surface area contributed by atoms with E-state index >= 15 is 0 Å². The molecule has 0 saturated heterocycles. The molecule has 1 aliphatic heterocycles. The Hall–Kier alpha value is -4.08. The number of rotatable bonds is 6. The number of imide groups is 1. The van der Waals surface area contributed by atoms with Gasteiger partial charge >= 0.3 is 6.36 Å². The van der Waals surface area contributed by atoms with Crippen LogP contribution in [0.2, 0.25) is 0 Å². The zero-order valence-corrected chi connectivity index (χ0v) is 17.3. The van der Waals surface area contributed by atoms with Gasteiger partial charge in [-0.1, -0.05) is 12.1 Å². The minimum atomic E-state index is -4.78. The van der Waals surface area contributed by atoms with Crippen molar-refractivity contribution in [1.82, 2.24) is 9.80 Å². The number of ether oxygens (including phenoxy) is 1. The Balaban J connectivity index is 1.46. The normalized spacial score (nSPS) is 13.3. The standard InChI is InChI=1S/C23H17F3N2O5/c1-27(12-14-4-7-16(8-5-14)33-23(24,25)26)20(29)15-6-9-18-19(11-15)22(31)28(21(18)30)13-17-3-2-10-32-17/h2-11H,12-13H2,1H3. The molecule has 0 spiro atoms. The van der Waals surface area contributed by atoms with E-state index in [0.29, 0.717) is 11.3 Å². The number of amides is 3. The van der Waals surface area contributed by atoms with Gasteiger partial charge in [-0.3, -0.25) is 19.3 Å². The van der Waals surface area contributed by atoms with E-state index in [4.69, 9.17) is 4.42 Å². The molecule has 170 valence electrons. The number of carbonyl (C=O) groups excluding carboxylic acids is 3. The lowest BCUT2D eigenvalue weighted by Gasteiger charge is -2.18. The Kier molecular flexibility index (Phi) is 5.67. The van der Waals surface area contributed by atoms with E-state index in [-0.39, 0.29) is 35.5 Å². The molecule has 10 heteroatoms. The Morgan fingerprint density at radius 1 is 1.03 bits per heavy atom. The van der Waals surface area contributed by atoms with E-state index in [9.17, 15) is 27.6 Å². The number of hydrogen-bond acceptors (Lipinski definition) is 5. The van der Waals surface area contributed by atoms with E-state index in [1.54, 1.807) is 12.1 Å². The van der Waals surface area contributed by atoms with Crippen LogP contribution in [0.3, 0.4) is 0 Å². The van der Waals surface area contributed by atoms with Crippen LogP contribution in [0.4, 0.5) is 13.2 Å². The SMILES string of the molecule is CN(Cc1ccc(OC(F)(F)F)cc1)C(=O)c1ccc2c(c1)C(=O)N(Cc1ccco1)C2=O. The molecule has 0 unspecified atom stereocenters. The average molecular weight is 458 g/mol. The Bertz CT molecular complexity index is 1200. The minimum absolute atomic E-state index is 0.0173. The second kappa shape index (κ2) is 8.45. The summed E-state index contributed by atoms with van der Waals surface area (Å²) in [7, 11) is 1.52. The maximum Gasteiger partial charge on any atom is 0.573 e. The van der Waals surface area contributed by atoms with Crippen LogP contribution in [-0.4, -0.2) is 40.9 Å². The molecule has 33 heavy (non-hydrogen) atoms. The quantitative estimate of drug-likeness (QED) is 0.516. The first-order valence-corrected chi connectivity index (χ1v) is 9.75. The number of fused-ring (bicyclic) bond motifs is 1. The number of nitrogens with zero attached hydrogens (tertiary/aromatic N) is 2. The molecule has 0 atom stereocenters. The van der Waals surface area contributed by atoms with Crippen molar-refractivity contribution in [3.05, 3.63) is 88.9 Å². The van der Waals surface area contributed by atoms with Crippen molar-refractivity contribution in [2.24, 2.45) is 0 Å². The van der Waals surface area contributed by atoms with Crippen molar-refractivity contribution < 1.29 is 36.7 Å². The first-order valence-electron chi connectivity index (χ1n) is 9.75. The second-order valence-electron chi connectivity index (χ2n) is 7.39. The maximum absolute atomic E-state index is 12.9. The molecule has 3 amide bonds. The summed E-state index contributed by atoms with van der Waals surface area (Å²) < 4.78 is 45.9. The van der Waals surface area contributed by atoms with Crippen molar-refractivity contribution in [3.8, 4) is 5.75 Å². The second-order valence-corrected chi connectivity index (χ2v) is 7.39. The molecule has 7 nitrogen and oxygen atoms in total. The van der Waals surface area contributed by atoms with Crippen molar-refractivity contribution in [1.29, 1.82) is 0 Å². The molecule has 2 heterocycles. The molecule has 3 aromatic rings. The van der Waals surface area contributed by atoms with Crippen LogP contribution in [0, 0.1) is 0 Å². The fourth-order valence-electron chi connectivity index (χ4n) is 3.49. The smallest absolute Gasteiger partial charge is 0.467 e. The zero-order valence-electron chi connectivity index (χ0n) is 17.3. The fourth-order valence-corrected chi connectivity index (χ4v) is 3.49. The highest BCUT2D eigenvalue weighted by molar-refractivity contribution is 6.22. The maximum atomic E-state index is 12.9. The predicted octanol–water partition coefficient (Wildman–Crippen LogP) is 4.25. The van der Waals surface area contributed by atoms with Crippen molar-refractivity contribution in [3.63, 3.8) is 0 Å². The minimum Gasteiger partial charge on any atom is -0.467 e. The van der Waals surface area contributed by atoms with Gasteiger partial charge in [0.15, 0.2) is 0 Å². The van der Waals surface area contributed by atoms with Gasteiger partial charge in [0, 0.05) is 19.2 Å². The molecule has 1 aromatic heterocycles. The van der Waals surface area contributed by atoms with Crippen LogP contribution in [-0.2, 0) is 13.1 Å². The summed E-state index contributed by atoms with van der Waals surface area (Å²) in [4.78, 5) is 40.6. The van der Waals surface area contributed by atoms with Crippen molar-refractivity contribution in [2.75, 3.05) is 7.05 Å². The van der Waals surface area contributed by atoms with Crippen molar-refractivity contribution in [2.45, 2.75) is 19.5 Å². The number of carbonyl (C=O) groups is 3. The molecule has 0 saturated carbocycles.